The van der Waals surface area contributed by atoms with Crippen LogP contribution in [0.3, 0.4) is 0 Å². The molecule has 1 N–H and O–H groups in total. The number of rotatable bonds is 6. The van der Waals surface area contributed by atoms with Crippen molar-refractivity contribution in [2.75, 3.05) is 18.0 Å². The van der Waals surface area contributed by atoms with Crippen LogP contribution in [0.2, 0.25) is 0 Å². The Morgan fingerprint density at radius 2 is 2.00 bits per heavy atom. The molecule has 2 aromatic rings. The highest BCUT2D eigenvalue weighted by molar-refractivity contribution is 6.03. The Labute approximate surface area is 161 Å². The molecule has 1 aromatic heterocycles. The Bertz CT molecular complexity index is 900. The Morgan fingerprint density at radius 3 is 2.64 bits per heavy atom. The molecule has 1 unspecified atom stereocenters. The van der Waals surface area contributed by atoms with Gasteiger partial charge in [-0.2, -0.15) is 0 Å². The zero-order valence-electron chi connectivity index (χ0n) is 15.5. The number of nitrogens with one attached hydrogen (secondary N) is 1. The van der Waals surface area contributed by atoms with Gasteiger partial charge in [0, 0.05) is 18.2 Å². The number of ether oxygens (including phenoxy) is 1. The normalized spacial score (nSPS) is 15.8. The van der Waals surface area contributed by atoms with Crippen molar-refractivity contribution in [3.05, 3.63) is 58.1 Å². The van der Waals surface area contributed by atoms with Crippen LogP contribution in [-0.4, -0.2) is 34.8 Å². The molecule has 0 saturated carbocycles. The Hall–Kier alpha value is -3.49. The van der Waals surface area contributed by atoms with Crippen molar-refractivity contribution in [3.8, 4) is 5.75 Å². The maximum atomic E-state index is 13.1. The first kappa shape index (κ1) is 19.3. The van der Waals surface area contributed by atoms with Gasteiger partial charge >= 0.3 is 5.82 Å². The van der Waals surface area contributed by atoms with E-state index in [-0.39, 0.29) is 29.9 Å². The fourth-order valence-corrected chi connectivity index (χ4v) is 2.74. The van der Waals surface area contributed by atoms with Crippen molar-refractivity contribution in [1.82, 2.24) is 10.3 Å². The number of pyridine rings is 1. The minimum atomic E-state index is -0.963. The molecule has 28 heavy (non-hydrogen) atoms. The monoisotopic (exact) mass is 384 g/mol. The standard InChI is InChI=1S/C19H20N4O5/c1-12(2)10-20-16(24)11-22-18-14(8-9-15(21-18)23(26)27)28-17(19(22)25)13-6-4-3-5-7-13/h3-9,12,17H,10-11H2,1-2H3,(H,20,24). The van der Waals surface area contributed by atoms with Gasteiger partial charge in [-0.1, -0.05) is 44.2 Å². The third kappa shape index (κ3) is 4.08. The molecule has 0 bridgehead atoms. The number of fused-ring (bicyclic) bond motifs is 1. The minimum Gasteiger partial charge on any atom is -0.469 e. The van der Waals surface area contributed by atoms with Crippen LogP contribution in [0, 0.1) is 16.0 Å². The number of amides is 2. The number of nitrogens with zero attached hydrogens (tertiary/aromatic N) is 3. The van der Waals surface area contributed by atoms with E-state index in [1.165, 1.54) is 12.1 Å². The third-order valence-corrected chi connectivity index (χ3v) is 4.11. The van der Waals surface area contributed by atoms with Crippen LogP contribution in [0.15, 0.2) is 42.5 Å². The van der Waals surface area contributed by atoms with Crippen LogP contribution in [0.1, 0.15) is 25.5 Å². The van der Waals surface area contributed by atoms with E-state index in [1.807, 2.05) is 19.9 Å². The van der Waals surface area contributed by atoms with Crippen molar-refractivity contribution >= 4 is 23.5 Å². The highest BCUT2D eigenvalue weighted by atomic mass is 16.6. The SMILES string of the molecule is CC(C)CNC(=O)CN1C(=O)C(c2ccccc2)Oc2ccc([N+](=O)[O-])nc21. The van der Waals surface area contributed by atoms with E-state index in [2.05, 4.69) is 10.3 Å². The summed E-state index contributed by atoms with van der Waals surface area (Å²) in [5.41, 5.74) is 0.615. The lowest BCUT2D eigenvalue weighted by molar-refractivity contribution is -0.389. The third-order valence-electron chi connectivity index (χ3n) is 4.11. The summed E-state index contributed by atoms with van der Waals surface area (Å²) < 4.78 is 5.77. The number of aromatic nitrogens is 1. The van der Waals surface area contributed by atoms with E-state index >= 15 is 0 Å². The summed E-state index contributed by atoms with van der Waals surface area (Å²) in [6.45, 7) is 4.05. The average molecular weight is 384 g/mol. The Kier molecular flexibility index (Phi) is 5.53. The molecule has 9 heteroatoms. The van der Waals surface area contributed by atoms with Crippen molar-refractivity contribution in [2.24, 2.45) is 5.92 Å². The van der Waals surface area contributed by atoms with E-state index in [4.69, 9.17) is 4.74 Å². The quantitative estimate of drug-likeness (QED) is 0.603. The predicted molar refractivity (Wildman–Crippen MR) is 101 cm³/mol. The zero-order chi connectivity index (χ0) is 20.3. The van der Waals surface area contributed by atoms with E-state index < -0.39 is 22.8 Å². The van der Waals surface area contributed by atoms with Crippen molar-refractivity contribution in [2.45, 2.75) is 20.0 Å². The highest BCUT2D eigenvalue weighted by Gasteiger charge is 2.40. The molecule has 3 rings (SSSR count). The maximum Gasteiger partial charge on any atom is 0.366 e. The van der Waals surface area contributed by atoms with E-state index in [9.17, 15) is 19.7 Å². The first-order valence-corrected chi connectivity index (χ1v) is 8.82. The summed E-state index contributed by atoms with van der Waals surface area (Å²) >= 11 is 0. The lowest BCUT2D eigenvalue weighted by Crippen LogP contribution is -2.47. The van der Waals surface area contributed by atoms with Gasteiger partial charge in [0.05, 0.1) is 0 Å². The Morgan fingerprint density at radius 1 is 1.29 bits per heavy atom. The summed E-state index contributed by atoms with van der Waals surface area (Å²) in [5, 5.41) is 13.8. The van der Waals surface area contributed by atoms with Gasteiger partial charge in [-0.25, -0.2) is 0 Å². The number of carbonyl (C=O) groups is 2. The molecule has 0 saturated heterocycles. The van der Waals surface area contributed by atoms with Gasteiger partial charge in [0.25, 0.3) is 11.7 Å². The molecular formula is C19H20N4O5. The molecule has 146 valence electrons. The highest BCUT2D eigenvalue weighted by Crippen LogP contribution is 2.38. The van der Waals surface area contributed by atoms with E-state index in [1.54, 1.807) is 24.3 Å². The van der Waals surface area contributed by atoms with Gasteiger partial charge in [-0.3, -0.25) is 14.5 Å². The summed E-state index contributed by atoms with van der Waals surface area (Å²) in [7, 11) is 0. The van der Waals surface area contributed by atoms with Gasteiger partial charge in [-0.05, 0) is 21.9 Å². The van der Waals surface area contributed by atoms with Crippen molar-refractivity contribution < 1.29 is 19.2 Å². The smallest absolute Gasteiger partial charge is 0.366 e. The zero-order valence-corrected chi connectivity index (χ0v) is 15.5. The molecule has 2 amide bonds. The van der Waals surface area contributed by atoms with Crippen LogP contribution in [-0.2, 0) is 9.59 Å². The largest absolute Gasteiger partial charge is 0.469 e. The van der Waals surface area contributed by atoms with Gasteiger partial charge in [-0.15, -0.1) is 0 Å². The molecule has 0 radical (unpaired) electrons. The van der Waals surface area contributed by atoms with Crippen LogP contribution in [0.5, 0.6) is 5.75 Å². The number of nitro groups is 1. The molecule has 1 atom stereocenters. The molecule has 1 aromatic carbocycles. The van der Waals surface area contributed by atoms with E-state index in [0.29, 0.717) is 12.1 Å². The molecule has 1 aliphatic rings. The molecule has 2 heterocycles. The van der Waals surface area contributed by atoms with E-state index in [0.717, 1.165) is 4.90 Å². The van der Waals surface area contributed by atoms with Gasteiger partial charge in [0.2, 0.25) is 12.0 Å². The Balaban J connectivity index is 1.96. The number of hydrogen-bond donors (Lipinski definition) is 1. The van der Waals surface area contributed by atoms with Crippen LogP contribution < -0.4 is 15.0 Å². The van der Waals surface area contributed by atoms with Gasteiger partial charge in [0.1, 0.15) is 6.54 Å². The summed E-state index contributed by atoms with van der Waals surface area (Å²) in [4.78, 5) is 40.9. The number of carbonyl (C=O) groups excluding carboxylic acids is 2. The van der Waals surface area contributed by atoms with Crippen LogP contribution in [0.25, 0.3) is 0 Å². The number of anilines is 1. The van der Waals surface area contributed by atoms with Gasteiger partial charge in [0.15, 0.2) is 5.75 Å². The van der Waals surface area contributed by atoms with Crippen LogP contribution >= 0.6 is 0 Å². The first-order chi connectivity index (χ1) is 13.4. The van der Waals surface area contributed by atoms with Crippen molar-refractivity contribution in [1.29, 1.82) is 0 Å². The molecule has 0 aliphatic carbocycles. The topological polar surface area (TPSA) is 115 Å². The lowest BCUT2D eigenvalue weighted by atomic mass is 10.1. The molecular weight excluding hydrogens is 364 g/mol. The fourth-order valence-electron chi connectivity index (χ4n) is 2.74. The molecule has 1 aliphatic heterocycles. The summed E-state index contributed by atoms with van der Waals surface area (Å²) in [6.07, 6.45) is -0.963. The first-order valence-electron chi connectivity index (χ1n) is 8.82. The minimum absolute atomic E-state index is 0.0360. The second kappa shape index (κ2) is 8.03. The summed E-state index contributed by atoms with van der Waals surface area (Å²) in [6, 6.07) is 11.4. The van der Waals surface area contributed by atoms with Crippen molar-refractivity contribution in [3.63, 3.8) is 0 Å². The molecule has 0 fully saturated rings. The predicted octanol–water partition coefficient (Wildman–Crippen LogP) is 2.23. The second-order valence-electron chi connectivity index (χ2n) is 6.78. The molecule has 9 nitrogen and oxygen atoms in total. The second-order valence-corrected chi connectivity index (χ2v) is 6.78. The molecule has 0 spiro atoms. The van der Waals surface area contributed by atoms with Gasteiger partial charge < -0.3 is 20.2 Å². The fraction of sp³-hybridized carbons (Fsp3) is 0.316. The average Bonchev–Trinajstić information content (AvgIpc) is 2.68. The maximum absolute atomic E-state index is 13.1. The number of hydrogen-bond acceptors (Lipinski definition) is 6. The number of benzene rings is 1. The lowest BCUT2D eigenvalue weighted by Gasteiger charge is -2.31. The summed E-state index contributed by atoms with van der Waals surface area (Å²) in [5.74, 6) is -0.906. The van der Waals surface area contributed by atoms with Crippen LogP contribution in [0.4, 0.5) is 11.6 Å².